The second-order valence-electron chi connectivity index (χ2n) is 15.2. The Morgan fingerprint density at radius 1 is 0.283 bits per heavy atom. The Morgan fingerprint density at radius 3 is 1.45 bits per heavy atom. The predicted molar refractivity (Wildman–Crippen MR) is 228 cm³/mol. The van der Waals surface area contributed by atoms with Crippen LogP contribution in [0.15, 0.2) is 182 Å². The topological polar surface area (TPSA) is 0 Å². The average molecular weight is 673 g/mol. The molecule has 0 atom stereocenters. The number of hydrogen-bond donors (Lipinski definition) is 0. The average Bonchev–Trinajstić information content (AvgIpc) is 3.45. The fourth-order valence-electron chi connectivity index (χ4n) is 9.46. The van der Waals surface area contributed by atoms with Gasteiger partial charge in [-0.2, -0.15) is 0 Å². The Labute approximate surface area is 309 Å². The van der Waals surface area contributed by atoms with Gasteiger partial charge in [0.2, 0.25) is 0 Å². The van der Waals surface area contributed by atoms with Gasteiger partial charge in [-0.05, 0) is 128 Å². The molecule has 11 rings (SSSR count). The van der Waals surface area contributed by atoms with Crippen molar-refractivity contribution in [1.29, 1.82) is 0 Å². The largest absolute Gasteiger partial charge is 0.0616 e. The third-order valence-electron chi connectivity index (χ3n) is 12.0. The second kappa shape index (κ2) is 11.2. The summed E-state index contributed by atoms with van der Waals surface area (Å²) in [6.45, 7) is 4.73. The molecule has 0 aromatic heterocycles. The summed E-state index contributed by atoms with van der Waals surface area (Å²) in [6, 6.07) is 67.9. The number of rotatable bonds is 3. The molecule has 0 saturated heterocycles. The van der Waals surface area contributed by atoms with Crippen LogP contribution in [0.5, 0.6) is 0 Å². The first-order chi connectivity index (χ1) is 26.0. The molecule has 0 fully saturated rings. The van der Waals surface area contributed by atoms with Gasteiger partial charge in [-0.3, -0.25) is 0 Å². The van der Waals surface area contributed by atoms with E-state index in [1.807, 2.05) is 0 Å². The van der Waals surface area contributed by atoms with E-state index in [9.17, 15) is 0 Å². The molecule has 0 heteroatoms. The Morgan fingerprint density at radius 2 is 0.755 bits per heavy atom. The van der Waals surface area contributed by atoms with Crippen molar-refractivity contribution in [2.24, 2.45) is 0 Å². The van der Waals surface area contributed by atoms with E-state index in [1.165, 1.54) is 109 Å². The van der Waals surface area contributed by atoms with Gasteiger partial charge in [0, 0.05) is 5.41 Å². The molecule has 53 heavy (non-hydrogen) atoms. The van der Waals surface area contributed by atoms with Gasteiger partial charge in [0.25, 0.3) is 0 Å². The molecule has 0 amide bonds. The summed E-state index contributed by atoms with van der Waals surface area (Å²) in [5.74, 6) is 0. The lowest BCUT2D eigenvalue weighted by Crippen LogP contribution is -2.14. The normalized spacial score (nSPS) is 13.2. The lowest BCUT2D eigenvalue weighted by molar-refractivity contribution is 0.661. The van der Waals surface area contributed by atoms with Crippen molar-refractivity contribution in [2.75, 3.05) is 0 Å². The zero-order valence-electron chi connectivity index (χ0n) is 29.8. The fourth-order valence-corrected chi connectivity index (χ4v) is 9.46. The van der Waals surface area contributed by atoms with Gasteiger partial charge < -0.3 is 0 Å². The van der Waals surface area contributed by atoms with Gasteiger partial charge in [-0.25, -0.2) is 0 Å². The molecule has 0 heterocycles. The third kappa shape index (κ3) is 4.42. The first kappa shape index (κ1) is 30.2. The molecule has 0 unspecified atom stereocenters. The minimum absolute atomic E-state index is 0.0333. The van der Waals surface area contributed by atoms with Gasteiger partial charge in [0.05, 0.1) is 0 Å². The summed E-state index contributed by atoms with van der Waals surface area (Å²) >= 11 is 0. The highest BCUT2D eigenvalue weighted by molar-refractivity contribution is 6.23. The molecular formula is C53H36. The monoisotopic (exact) mass is 672 g/mol. The second-order valence-corrected chi connectivity index (χ2v) is 15.2. The minimum Gasteiger partial charge on any atom is -0.0616 e. The molecule has 0 aliphatic heterocycles. The van der Waals surface area contributed by atoms with Crippen molar-refractivity contribution < 1.29 is 0 Å². The van der Waals surface area contributed by atoms with Crippen molar-refractivity contribution in [1.82, 2.24) is 0 Å². The molecular weight excluding hydrogens is 637 g/mol. The molecule has 0 nitrogen and oxygen atoms in total. The highest BCUT2D eigenvalue weighted by Crippen LogP contribution is 2.52. The molecule has 1 aliphatic carbocycles. The molecule has 0 bridgehead atoms. The van der Waals surface area contributed by atoms with Crippen LogP contribution in [0.3, 0.4) is 0 Å². The zero-order chi connectivity index (χ0) is 35.3. The van der Waals surface area contributed by atoms with Crippen LogP contribution in [0.4, 0.5) is 0 Å². The summed E-state index contributed by atoms with van der Waals surface area (Å²) in [7, 11) is 0. The summed E-state index contributed by atoms with van der Waals surface area (Å²) < 4.78 is 0. The maximum Gasteiger partial charge on any atom is 0.0159 e. The van der Waals surface area contributed by atoms with Gasteiger partial charge in [-0.1, -0.05) is 178 Å². The highest BCUT2D eigenvalue weighted by atomic mass is 14.4. The maximum absolute atomic E-state index is 2.43. The lowest BCUT2D eigenvalue weighted by Gasteiger charge is -2.21. The Kier molecular flexibility index (Phi) is 6.40. The zero-order valence-corrected chi connectivity index (χ0v) is 29.8. The van der Waals surface area contributed by atoms with Crippen molar-refractivity contribution in [3.05, 3.63) is 193 Å². The summed E-state index contributed by atoms with van der Waals surface area (Å²) in [5.41, 5.74) is 13.2. The Hall–Kier alpha value is -6.50. The first-order valence-electron chi connectivity index (χ1n) is 18.7. The molecule has 248 valence electrons. The molecule has 0 spiro atoms. The molecule has 10 aromatic carbocycles. The van der Waals surface area contributed by atoms with E-state index < -0.39 is 0 Å². The quantitative estimate of drug-likeness (QED) is 0.164. The molecule has 0 saturated carbocycles. The van der Waals surface area contributed by atoms with Crippen LogP contribution < -0.4 is 0 Å². The number of fused-ring (bicyclic) bond motifs is 9. The number of benzene rings is 10. The van der Waals surface area contributed by atoms with Crippen LogP contribution in [0.2, 0.25) is 0 Å². The smallest absolute Gasteiger partial charge is 0.0159 e. The van der Waals surface area contributed by atoms with Crippen LogP contribution in [0.1, 0.15) is 25.0 Å². The lowest BCUT2D eigenvalue weighted by atomic mass is 9.82. The molecule has 0 radical (unpaired) electrons. The van der Waals surface area contributed by atoms with Crippen LogP contribution >= 0.6 is 0 Å². The maximum atomic E-state index is 2.43. The van der Waals surface area contributed by atoms with E-state index in [0.29, 0.717) is 0 Å². The molecule has 0 N–H and O–H groups in total. The summed E-state index contributed by atoms with van der Waals surface area (Å²) in [5, 5.41) is 12.8. The Bertz CT molecular complexity index is 3080. The van der Waals surface area contributed by atoms with Gasteiger partial charge in [-0.15, -0.1) is 0 Å². The minimum atomic E-state index is -0.0333. The summed E-state index contributed by atoms with van der Waals surface area (Å²) in [6.07, 6.45) is 0. The SMILES string of the molecule is CC1(C)c2ccc(-c3ccc4cc(-c5c6ccccc6c(-c6cccc7ccccc67)c6ccccc56)ccc4c3)cc2-c2c1ccc1ccccc21. The van der Waals surface area contributed by atoms with Crippen LogP contribution in [0, 0.1) is 0 Å². The van der Waals surface area contributed by atoms with E-state index >= 15 is 0 Å². The Balaban J connectivity index is 1.06. The van der Waals surface area contributed by atoms with E-state index in [4.69, 9.17) is 0 Å². The molecule has 1 aliphatic rings. The number of hydrogen-bond acceptors (Lipinski definition) is 0. The molecule has 10 aromatic rings. The van der Waals surface area contributed by atoms with E-state index in [2.05, 4.69) is 196 Å². The van der Waals surface area contributed by atoms with E-state index in [0.717, 1.165) is 0 Å². The van der Waals surface area contributed by atoms with E-state index in [-0.39, 0.29) is 5.41 Å². The van der Waals surface area contributed by atoms with E-state index in [1.54, 1.807) is 0 Å². The van der Waals surface area contributed by atoms with Crippen LogP contribution in [-0.2, 0) is 5.41 Å². The van der Waals surface area contributed by atoms with Crippen molar-refractivity contribution in [3.8, 4) is 44.5 Å². The van der Waals surface area contributed by atoms with Crippen molar-refractivity contribution >= 4 is 53.9 Å². The standard InChI is InChI=1S/C53H36/c1-53(2)48-28-27-38(32-47(48)52-41-16-6-4-13-34(41)26-29-49(52)53)36-22-23-37-31-39(25-24-35(37)30-36)50-43-17-7-9-19-45(43)51(46-20-10-8-18-44(46)50)42-21-11-14-33-12-3-5-15-40(33)42/h3-32H,1-2H3. The van der Waals surface area contributed by atoms with Crippen LogP contribution in [-0.4, -0.2) is 0 Å². The van der Waals surface area contributed by atoms with Crippen molar-refractivity contribution in [2.45, 2.75) is 19.3 Å². The third-order valence-corrected chi connectivity index (χ3v) is 12.0. The van der Waals surface area contributed by atoms with Gasteiger partial charge in [0.15, 0.2) is 0 Å². The van der Waals surface area contributed by atoms with Crippen molar-refractivity contribution in [3.63, 3.8) is 0 Å². The van der Waals surface area contributed by atoms with Gasteiger partial charge >= 0.3 is 0 Å². The predicted octanol–water partition coefficient (Wildman–Crippen LogP) is 14.8. The fraction of sp³-hybridized carbons (Fsp3) is 0.0566. The summed E-state index contributed by atoms with van der Waals surface area (Å²) in [4.78, 5) is 0. The van der Waals surface area contributed by atoms with Gasteiger partial charge in [0.1, 0.15) is 0 Å². The van der Waals surface area contributed by atoms with Crippen LogP contribution in [0.25, 0.3) is 98.4 Å². The first-order valence-corrected chi connectivity index (χ1v) is 18.7. The highest BCUT2D eigenvalue weighted by Gasteiger charge is 2.36.